The molecule has 1 saturated heterocycles. The van der Waals surface area contributed by atoms with Gasteiger partial charge in [-0.1, -0.05) is 6.07 Å². The van der Waals surface area contributed by atoms with E-state index in [4.69, 9.17) is 21.7 Å². The molecule has 0 bridgehead atoms. The van der Waals surface area contributed by atoms with Crippen LogP contribution in [0, 0.1) is 24.0 Å². The molecule has 42 heavy (non-hydrogen) atoms. The van der Waals surface area contributed by atoms with Crippen LogP contribution in [-0.4, -0.2) is 46.3 Å². The van der Waals surface area contributed by atoms with Crippen LogP contribution in [0.25, 0.3) is 5.69 Å². The summed E-state index contributed by atoms with van der Waals surface area (Å²) >= 11 is 5.86. The molecular formula is C30H30N6O5S. The topological polar surface area (TPSA) is 124 Å². The number of nitrogens with one attached hydrogen (secondary N) is 2. The van der Waals surface area contributed by atoms with Crippen molar-refractivity contribution in [1.82, 2.24) is 14.9 Å². The van der Waals surface area contributed by atoms with Crippen LogP contribution in [0.1, 0.15) is 34.7 Å². The van der Waals surface area contributed by atoms with E-state index in [0.717, 1.165) is 28.3 Å². The molecular weight excluding hydrogens is 556 g/mol. The van der Waals surface area contributed by atoms with Gasteiger partial charge in [-0.2, -0.15) is 0 Å². The van der Waals surface area contributed by atoms with Crippen molar-refractivity contribution in [2.24, 2.45) is 0 Å². The molecule has 1 fully saturated rings. The number of aryl methyl sites for hydroxylation is 1. The van der Waals surface area contributed by atoms with Gasteiger partial charge in [0.15, 0.2) is 5.11 Å². The highest BCUT2D eigenvalue weighted by Gasteiger charge is 2.42. The molecule has 3 heterocycles. The molecule has 2 atom stereocenters. The Balaban J connectivity index is 1.62. The number of nitrogens with zero attached hydrogens (tertiary/aromatic N) is 4. The van der Waals surface area contributed by atoms with Crippen LogP contribution in [0.2, 0.25) is 0 Å². The van der Waals surface area contributed by atoms with Crippen molar-refractivity contribution < 1.29 is 19.2 Å². The number of carbonyl (C=O) groups is 1. The van der Waals surface area contributed by atoms with Crippen LogP contribution in [0.15, 0.2) is 72.9 Å². The van der Waals surface area contributed by atoms with E-state index in [9.17, 15) is 14.9 Å². The lowest BCUT2D eigenvalue weighted by molar-refractivity contribution is -0.384. The predicted molar refractivity (Wildman–Crippen MR) is 163 cm³/mol. The summed E-state index contributed by atoms with van der Waals surface area (Å²) < 4.78 is 12.0. The molecule has 0 saturated carbocycles. The van der Waals surface area contributed by atoms with Gasteiger partial charge in [0.05, 0.1) is 35.9 Å². The number of amides is 1. The molecule has 216 valence electrons. The summed E-state index contributed by atoms with van der Waals surface area (Å²) in [6, 6.07) is 19.3. The maximum Gasteiger partial charge on any atom is 0.296 e. The van der Waals surface area contributed by atoms with Crippen LogP contribution in [0.3, 0.4) is 0 Å². The Hall–Kier alpha value is -4.81. The van der Waals surface area contributed by atoms with Crippen molar-refractivity contribution in [2.75, 3.05) is 31.0 Å². The minimum Gasteiger partial charge on any atom is -0.496 e. The lowest BCUT2D eigenvalue weighted by Gasteiger charge is -2.28. The van der Waals surface area contributed by atoms with E-state index in [2.05, 4.69) is 15.6 Å². The number of ether oxygens (including phenoxy) is 2. The Labute approximate surface area is 248 Å². The lowest BCUT2D eigenvalue weighted by atomic mass is 9.96. The largest absolute Gasteiger partial charge is 0.496 e. The van der Waals surface area contributed by atoms with Gasteiger partial charge in [-0.05, 0) is 86.2 Å². The summed E-state index contributed by atoms with van der Waals surface area (Å²) in [6.45, 7) is 3.82. The molecule has 2 aromatic carbocycles. The molecule has 12 heteroatoms. The predicted octanol–water partition coefficient (Wildman–Crippen LogP) is 5.17. The number of aromatic nitrogens is 2. The quantitative estimate of drug-likeness (QED) is 0.155. The van der Waals surface area contributed by atoms with E-state index in [0.29, 0.717) is 22.2 Å². The molecule has 0 aliphatic carbocycles. The maximum absolute atomic E-state index is 12.1. The summed E-state index contributed by atoms with van der Waals surface area (Å²) in [6.07, 6.45) is 1.74. The number of methoxy groups -OCH3 is 2. The molecule has 0 spiro atoms. The number of anilines is 2. The number of nitro groups is 1. The van der Waals surface area contributed by atoms with Gasteiger partial charge in [-0.25, -0.2) is 0 Å². The average Bonchev–Trinajstić information content (AvgIpc) is 3.48. The normalized spacial score (nSPS) is 16.3. The highest BCUT2D eigenvalue weighted by atomic mass is 32.1. The van der Waals surface area contributed by atoms with Gasteiger partial charge in [0.2, 0.25) is 5.91 Å². The zero-order valence-electron chi connectivity index (χ0n) is 23.5. The Morgan fingerprint density at radius 2 is 1.88 bits per heavy atom. The average molecular weight is 587 g/mol. The highest BCUT2D eigenvalue weighted by Crippen LogP contribution is 2.44. The van der Waals surface area contributed by atoms with Crippen LogP contribution < -0.4 is 20.3 Å². The summed E-state index contributed by atoms with van der Waals surface area (Å²) in [4.78, 5) is 30.3. The fourth-order valence-corrected chi connectivity index (χ4v) is 5.75. The Bertz CT molecular complexity index is 1640. The molecule has 2 N–H and O–H groups in total. The van der Waals surface area contributed by atoms with E-state index >= 15 is 0 Å². The van der Waals surface area contributed by atoms with Crippen molar-refractivity contribution in [3.63, 3.8) is 0 Å². The first-order valence-corrected chi connectivity index (χ1v) is 13.6. The van der Waals surface area contributed by atoms with Crippen LogP contribution in [0.5, 0.6) is 5.75 Å². The van der Waals surface area contributed by atoms with Crippen molar-refractivity contribution in [1.29, 1.82) is 0 Å². The fourth-order valence-electron chi connectivity index (χ4n) is 5.41. The van der Waals surface area contributed by atoms with Crippen molar-refractivity contribution in [3.05, 3.63) is 106 Å². The monoisotopic (exact) mass is 586 g/mol. The van der Waals surface area contributed by atoms with Gasteiger partial charge >= 0.3 is 0 Å². The number of thiocarbonyl (C=S) groups is 1. The van der Waals surface area contributed by atoms with E-state index in [1.165, 1.54) is 20.3 Å². The smallest absolute Gasteiger partial charge is 0.296 e. The zero-order chi connectivity index (χ0) is 30.0. The van der Waals surface area contributed by atoms with Gasteiger partial charge in [0, 0.05) is 36.1 Å². The van der Waals surface area contributed by atoms with E-state index in [1.807, 2.05) is 59.7 Å². The molecule has 5 rings (SSSR count). The molecule has 1 aliphatic heterocycles. The van der Waals surface area contributed by atoms with Crippen LogP contribution in [-0.2, 0) is 9.53 Å². The number of nitro benzene ring substituents is 1. The van der Waals surface area contributed by atoms with Crippen molar-refractivity contribution >= 4 is 40.3 Å². The molecule has 4 aromatic rings. The van der Waals surface area contributed by atoms with Gasteiger partial charge in [-0.3, -0.25) is 19.9 Å². The number of hydrogen-bond acceptors (Lipinski definition) is 7. The van der Waals surface area contributed by atoms with Crippen LogP contribution >= 0.6 is 12.2 Å². The molecule has 2 aromatic heterocycles. The first-order valence-electron chi connectivity index (χ1n) is 13.1. The highest BCUT2D eigenvalue weighted by molar-refractivity contribution is 7.80. The Kier molecular flexibility index (Phi) is 8.18. The first kappa shape index (κ1) is 28.7. The SMILES string of the molecule is COCC(=O)Nc1ccc(N2C(=S)N[C@@H](c3ccccn3)[C@@H]2c2cc(C)n(-c3ccc(OC)cc3[N+](=O)[O-])c2C)cc1. The molecule has 11 nitrogen and oxygen atoms in total. The third kappa shape index (κ3) is 5.41. The standard InChI is InChI=1S/C30H30N6O5S/c1-18-15-23(19(2)34(18)25-13-12-22(41-4)16-26(25)36(38)39)29-28(24-7-5-6-14-31-24)33-30(42)35(29)21-10-8-20(9-11-21)32-27(37)17-40-3/h5-16,28-29H,17H2,1-4H3,(H,32,37)(H,33,42)/t28-,29-/m0/s1. The number of pyridine rings is 1. The number of hydrogen-bond donors (Lipinski definition) is 2. The molecule has 0 unspecified atom stereocenters. The second kappa shape index (κ2) is 12.0. The third-order valence-corrected chi connectivity index (χ3v) is 7.53. The van der Waals surface area contributed by atoms with Crippen molar-refractivity contribution in [2.45, 2.75) is 25.9 Å². The third-order valence-electron chi connectivity index (χ3n) is 7.21. The zero-order valence-corrected chi connectivity index (χ0v) is 24.3. The van der Waals surface area contributed by atoms with E-state index < -0.39 is 4.92 Å². The Morgan fingerprint density at radius 3 is 2.52 bits per heavy atom. The van der Waals surface area contributed by atoms with Gasteiger partial charge in [-0.15, -0.1) is 0 Å². The van der Waals surface area contributed by atoms with Crippen LogP contribution in [0.4, 0.5) is 17.1 Å². The van der Waals surface area contributed by atoms with Crippen molar-refractivity contribution in [3.8, 4) is 11.4 Å². The summed E-state index contributed by atoms with van der Waals surface area (Å²) in [5.41, 5.74) is 5.19. The number of benzene rings is 2. The summed E-state index contributed by atoms with van der Waals surface area (Å²) in [7, 11) is 2.94. The van der Waals surface area contributed by atoms with Gasteiger partial charge < -0.3 is 29.6 Å². The molecule has 1 aliphatic rings. The summed E-state index contributed by atoms with van der Waals surface area (Å²) in [5.74, 6) is 0.151. The first-order chi connectivity index (χ1) is 20.2. The molecule has 0 radical (unpaired) electrons. The van der Waals surface area contributed by atoms with E-state index in [1.54, 1.807) is 30.5 Å². The minimum atomic E-state index is -0.404. The molecule has 1 amide bonds. The van der Waals surface area contributed by atoms with E-state index in [-0.39, 0.29) is 30.3 Å². The second-order valence-corrected chi connectivity index (χ2v) is 10.2. The summed E-state index contributed by atoms with van der Waals surface area (Å²) in [5, 5.41) is 18.8. The second-order valence-electron chi connectivity index (χ2n) is 9.80. The van der Waals surface area contributed by atoms with Gasteiger partial charge in [0.25, 0.3) is 5.69 Å². The number of carbonyl (C=O) groups excluding carboxylic acids is 1. The Morgan fingerprint density at radius 1 is 1.12 bits per heavy atom. The van der Waals surface area contributed by atoms with Gasteiger partial charge in [0.1, 0.15) is 18.0 Å². The minimum absolute atomic E-state index is 0.0440. The lowest BCUT2D eigenvalue weighted by Crippen LogP contribution is -2.29. The maximum atomic E-state index is 12.1. The fraction of sp³-hybridized carbons (Fsp3) is 0.233. The number of rotatable bonds is 9.